The number of carboxylic acids is 1. The molecule has 0 amide bonds. The molecule has 1 aromatic rings. The van der Waals surface area contributed by atoms with Crippen LogP contribution in [0.15, 0.2) is 23.4 Å². The summed E-state index contributed by atoms with van der Waals surface area (Å²) in [6.07, 6.45) is 2.45. The fourth-order valence-electron chi connectivity index (χ4n) is 3.25. The van der Waals surface area contributed by atoms with Crippen LogP contribution in [0.2, 0.25) is 0 Å². The summed E-state index contributed by atoms with van der Waals surface area (Å²) in [4.78, 5) is 10.7. The van der Waals surface area contributed by atoms with E-state index in [0.717, 1.165) is 18.4 Å². The van der Waals surface area contributed by atoms with Crippen LogP contribution in [-0.2, 0) is 15.6 Å². The molecule has 4 heteroatoms. The normalized spacial score (nSPS) is 19.5. The molecule has 1 aromatic carbocycles. The molecular formula is C18H25NO3. The highest BCUT2D eigenvalue weighted by Gasteiger charge is 2.37. The zero-order valence-electron chi connectivity index (χ0n) is 13.8. The Bertz CT molecular complexity index is 615. The third-order valence-corrected chi connectivity index (χ3v) is 4.88. The van der Waals surface area contributed by atoms with Gasteiger partial charge in [-0.2, -0.15) is 0 Å². The minimum atomic E-state index is -0.888. The zero-order valence-corrected chi connectivity index (χ0v) is 13.8. The van der Waals surface area contributed by atoms with Crippen molar-refractivity contribution in [3.05, 3.63) is 34.9 Å². The SMILES string of the molecule is CC1(C)CCC(C)(C)c2cc(C(CCC(=O)O)=NO)ccc21. The quantitative estimate of drug-likeness (QED) is 0.500. The maximum atomic E-state index is 10.7. The van der Waals surface area contributed by atoms with E-state index in [0.29, 0.717) is 5.71 Å². The number of rotatable bonds is 4. The first-order chi connectivity index (χ1) is 10.2. The Morgan fingerprint density at radius 3 is 2.23 bits per heavy atom. The van der Waals surface area contributed by atoms with E-state index in [4.69, 9.17) is 5.11 Å². The molecule has 2 rings (SSSR count). The molecule has 0 spiro atoms. The summed E-state index contributed by atoms with van der Waals surface area (Å²) in [7, 11) is 0. The number of benzene rings is 1. The van der Waals surface area contributed by atoms with E-state index < -0.39 is 5.97 Å². The lowest BCUT2D eigenvalue weighted by molar-refractivity contribution is -0.136. The topological polar surface area (TPSA) is 69.9 Å². The molecule has 2 N–H and O–H groups in total. The molecule has 0 aliphatic heterocycles. The van der Waals surface area contributed by atoms with Crippen molar-refractivity contribution in [3.8, 4) is 0 Å². The molecule has 0 saturated heterocycles. The van der Waals surface area contributed by atoms with Crippen LogP contribution in [-0.4, -0.2) is 22.0 Å². The van der Waals surface area contributed by atoms with Crippen LogP contribution >= 0.6 is 0 Å². The third-order valence-electron chi connectivity index (χ3n) is 4.88. The lowest BCUT2D eigenvalue weighted by Crippen LogP contribution is -2.34. The van der Waals surface area contributed by atoms with Crippen molar-refractivity contribution in [1.29, 1.82) is 0 Å². The molecule has 0 unspecified atom stereocenters. The van der Waals surface area contributed by atoms with E-state index in [-0.39, 0.29) is 23.7 Å². The fourth-order valence-corrected chi connectivity index (χ4v) is 3.25. The Labute approximate surface area is 131 Å². The van der Waals surface area contributed by atoms with Gasteiger partial charge in [0, 0.05) is 6.42 Å². The number of hydrogen-bond acceptors (Lipinski definition) is 3. The van der Waals surface area contributed by atoms with Gasteiger partial charge in [-0.25, -0.2) is 0 Å². The molecule has 0 heterocycles. The predicted octanol–water partition coefficient (Wildman–Crippen LogP) is 4.08. The average Bonchev–Trinajstić information content (AvgIpc) is 2.44. The molecule has 0 radical (unpaired) electrons. The van der Waals surface area contributed by atoms with Crippen LogP contribution in [0, 0.1) is 0 Å². The van der Waals surface area contributed by atoms with Crippen molar-refractivity contribution in [1.82, 2.24) is 0 Å². The molecule has 22 heavy (non-hydrogen) atoms. The highest BCUT2D eigenvalue weighted by Crippen LogP contribution is 2.45. The number of fused-ring (bicyclic) bond motifs is 1. The summed E-state index contributed by atoms with van der Waals surface area (Å²) in [5.41, 5.74) is 4.08. The number of carboxylic acid groups (broad SMARTS) is 1. The monoisotopic (exact) mass is 303 g/mol. The van der Waals surface area contributed by atoms with Crippen LogP contribution in [0.25, 0.3) is 0 Å². The van der Waals surface area contributed by atoms with Gasteiger partial charge < -0.3 is 10.3 Å². The van der Waals surface area contributed by atoms with E-state index in [1.165, 1.54) is 11.1 Å². The molecule has 0 fully saturated rings. The van der Waals surface area contributed by atoms with Gasteiger partial charge in [-0.3, -0.25) is 4.79 Å². The highest BCUT2D eigenvalue weighted by molar-refractivity contribution is 6.01. The lowest BCUT2D eigenvalue weighted by Gasteiger charge is -2.42. The number of oxime groups is 1. The lowest BCUT2D eigenvalue weighted by atomic mass is 9.63. The van der Waals surface area contributed by atoms with Crippen molar-refractivity contribution >= 4 is 11.7 Å². The maximum absolute atomic E-state index is 10.7. The van der Waals surface area contributed by atoms with Crippen LogP contribution in [0.3, 0.4) is 0 Å². The second-order valence-corrected chi connectivity index (χ2v) is 7.47. The van der Waals surface area contributed by atoms with Crippen molar-refractivity contribution in [2.24, 2.45) is 5.16 Å². The van der Waals surface area contributed by atoms with Gasteiger partial charge >= 0.3 is 5.97 Å². The molecular weight excluding hydrogens is 278 g/mol. The second kappa shape index (κ2) is 5.75. The number of hydrogen-bond donors (Lipinski definition) is 2. The summed E-state index contributed by atoms with van der Waals surface area (Å²) in [5, 5.41) is 21.4. The van der Waals surface area contributed by atoms with E-state index in [1.807, 2.05) is 6.07 Å². The Balaban J connectivity index is 2.43. The Morgan fingerprint density at radius 1 is 1.09 bits per heavy atom. The molecule has 0 bridgehead atoms. The van der Waals surface area contributed by atoms with Gasteiger partial charge in [0.15, 0.2) is 0 Å². The number of aliphatic carboxylic acids is 1. The molecule has 4 nitrogen and oxygen atoms in total. The van der Waals surface area contributed by atoms with Gasteiger partial charge in [-0.05, 0) is 46.4 Å². The van der Waals surface area contributed by atoms with Crippen LogP contribution in [0.4, 0.5) is 0 Å². The van der Waals surface area contributed by atoms with Crippen LogP contribution < -0.4 is 0 Å². The molecule has 1 aliphatic rings. The molecule has 0 aromatic heterocycles. The van der Waals surface area contributed by atoms with Crippen molar-refractivity contribution in [2.45, 2.75) is 64.2 Å². The van der Waals surface area contributed by atoms with E-state index in [2.05, 4.69) is 45.0 Å². The summed E-state index contributed by atoms with van der Waals surface area (Å²) in [5.74, 6) is -0.888. The first-order valence-electron chi connectivity index (χ1n) is 7.75. The predicted molar refractivity (Wildman–Crippen MR) is 86.9 cm³/mol. The van der Waals surface area contributed by atoms with Crippen LogP contribution in [0.1, 0.15) is 70.1 Å². The first kappa shape index (κ1) is 16.5. The molecule has 0 saturated carbocycles. The van der Waals surface area contributed by atoms with Gasteiger partial charge in [0.1, 0.15) is 0 Å². The minimum Gasteiger partial charge on any atom is -0.481 e. The smallest absolute Gasteiger partial charge is 0.303 e. The number of nitrogens with zero attached hydrogens (tertiary/aromatic N) is 1. The van der Waals surface area contributed by atoms with Gasteiger partial charge in [0.2, 0.25) is 0 Å². The Hall–Kier alpha value is -1.84. The standard InChI is InChI=1S/C18H25NO3/c1-17(2)9-10-18(3,4)14-11-12(5-6-13(14)17)15(19-22)7-8-16(20)21/h5-6,11,22H,7-10H2,1-4H3,(H,20,21). The van der Waals surface area contributed by atoms with Gasteiger partial charge in [-0.1, -0.05) is 45.0 Å². The van der Waals surface area contributed by atoms with Crippen molar-refractivity contribution < 1.29 is 15.1 Å². The van der Waals surface area contributed by atoms with E-state index in [9.17, 15) is 10.0 Å². The molecule has 0 atom stereocenters. The summed E-state index contributed by atoms with van der Waals surface area (Å²) >= 11 is 0. The van der Waals surface area contributed by atoms with Crippen molar-refractivity contribution in [2.75, 3.05) is 0 Å². The Morgan fingerprint density at radius 2 is 1.68 bits per heavy atom. The van der Waals surface area contributed by atoms with E-state index in [1.54, 1.807) is 0 Å². The fraction of sp³-hybridized carbons (Fsp3) is 0.556. The zero-order chi connectivity index (χ0) is 16.5. The van der Waals surface area contributed by atoms with Gasteiger partial charge in [0.25, 0.3) is 0 Å². The molecule has 1 aliphatic carbocycles. The summed E-state index contributed by atoms with van der Waals surface area (Å²) in [6, 6.07) is 6.13. The number of carbonyl (C=O) groups is 1. The highest BCUT2D eigenvalue weighted by atomic mass is 16.4. The largest absolute Gasteiger partial charge is 0.481 e. The maximum Gasteiger partial charge on any atom is 0.303 e. The van der Waals surface area contributed by atoms with E-state index >= 15 is 0 Å². The average molecular weight is 303 g/mol. The first-order valence-corrected chi connectivity index (χ1v) is 7.75. The van der Waals surface area contributed by atoms with Gasteiger partial charge in [0.05, 0.1) is 12.1 Å². The second-order valence-electron chi connectivity index (χ2n) is 7.47. The van der Waals surface area contributed by atoms with Crippen LogP contribution in [0.5, 0.6) is 0 Å². The summed E-state index contributed by atoms with van der Waals surface area (Å²) in [6.45, 7) is 8.98. The van der Waals surface area contributed by atoms with Crippen molar-refractivity contribution in [3.63, 3.8) is 0 Å². The summed E-state index contributed by atoms with van der Waals surface area (Å²) < 4.78 is 0. The van der Waals surface area contributed by atoms with Gasteiger partial charge in [-0.15, -0.1) is 0 Å². The third kappa shape index (κ3) is 3.16. The minimum absolute atomic E-state index is 0.0363. The molecule has 120 valence electrons. The Kier molecular flexibility index (Phi) is 4.32.